The predicted octanol–water partition coefficient (Wildman–Crippen LogP) is 3.80. The van der Waals surface area contributed by atoms with Gasteiger partial charge in [0, 0.05) is 18.2 Å². The van der Waals surface area contributed by atoms with Crippen LogP contribution in [0.5, 0.6) is 0 Å². The van der Waals surface area contributed by atoms with Crippen molar-refractivity contribution in [1.82, 2.24) is 0 Å². The maximum absolute atomic E-state index is 14.1. The van der Waals surface area contributed by atoms with Gasteiger partial charge in [-0.05, 0) is 38.8 Å². The molecule has 0 unspecified atom stereocenters. The lowest BCUT2D eigenvalue weighted by Crippen LogP contribution is -2.34. The molecule has 1 aromatic carbocycles. The lowest BCUT2D eigenvalue weighted by Gasteiger charge is -2.31. The maximum atomic E-state index is 14.1. The highest BCUT2D eigenvalue weighted by molar-refractivity contribution is 5.99. The number of anilines is 1. The zero-order valence-corrected chi connectivity index (χ0v) is 11.1. The van der Waals surface area contributed by atoms with Crippen LogP contribution in [-0.2, 0) is 0 Å². The third kappa shape index (κ3) is 2.40. The van der Waals surface area contributed by atoms with Gasteiger partial charge in [0.05, 0.1) is 5.69 Å². The summed E-state index contributed by atoms with van der Waals surface area (Å²) in [5.41, 5.74) is 1.00. The van der Waals surface area contributed by atoms with Gasteiger partial charge in [-0.1, -0.05) is 18.9 Å². The number of para-hydroxylation sites is 1. The average molecular weight is 249 g/mol. The highest BCUT2D eigenvalue weighted by Crippen LogP contribution is 2.32. The lowest BCUT2D eigenvalue weighted by molar-refractivity contribution is 0.101. The molecule has 0 amide bonds. The third-order valence-corrected chi connectivity index (χ3v) is 3.76. The van der Waals surface area contributed by atoms with Gasteiger partial charge in [-0.2, -0.15) is 0 Å². The van der Waals surface area contributed by atoms with Crippen molar-refractivity contribution in [3.63, 3.8) is 0 Å². The second-order valence-corrected chi connectivity index (χ2v) is 4.92. The van der Waals surface area contributed by atoms with Crippen LogP contribution in [0.4, 0.5) is 10.1 Å². The first-order valence-electron chi connectivity index (χ1n) is 6.71. The lowest BCUT2D eigenvalue weighted by atomic mass is 10.1. The molecule has 0 spiro atoms. The molecule has 0 aliphatic heterocycles. The predicted molar refractivity (Wildman–Crippen MR) is 71.7 cm³/mol. The summed E-state index contributed by atoms with van der Waals surface area (Å²) in [5.74, 6) is -0.350. The molecule has 3 heteroatoms. The van der Waals surface area contributed by atoms with E-state index in [-0.39, 0.29) is 11.6 Å². The topological polar surface area (TPSA) is 20.3 Å². The van der Waals surface area contributed by atoms with Crippen LogP contribution in [0.3, 0.4) is 0 Å². The second-order valence-electron chi connectivity index (χ2n) is 4.92. The zero-order valence-electron chi connectivity index (χ0n) is 11.1. The molecule has 0 aromatic heterocycles. The number of carbonyl (C=O) groups is 1. The molecule has 0 atom stereocenters. The van der Waals surface area contributed by atoms with Gasteiger partial charge in [0.15, 0.2) is 5.78 Å². The summed E-state index contributed by atoms with van der Waals surface area (Å²) in [6.45, 7) is 4.27. The van der Waals surface area contributed by atoms with Gasteiger partial charge in [-0.15, -0.1) is 0 Å². The Morgan fingerprint density at radius 3 is 2.61 bits per heavy atom. The number of carbonyl (C=O) groups excluding carboxylic acids is 1. The van der Waals surface area contributed by atoms with Crippen LogP contribution in [0.25, 0.3) is 0 Å². The molecule has 0 bridgehead atoms. The molecule has 0 saturated heterocycles. The molecule has 18 heavy (non-hydrogen) atoms. The molecule has 1 fully saturated rings. The standard InChI is InChI=1S/C15H20FNO/c1-3-17(12-7-4-5-8-12)15-13(11(2)18)9-6-10-14(15)16/h6,9-10,12H,3-5,7-8H2,1-2H3. The Morgan fingerprint density at radius 1 is 1.39 bits per heavy atom. The Balaban J connectivity index is 2.43. The fourth-order valence-corrected chi connectivity index (χ4v) is 2.91. The molecule has 2 nitrogen and oxygen atoms in total. The number of halogens is 1. The first-order chi connectivity index (χ1) is 8.65. The number of hydrogen-bond acceptors (Lipinski definition) is 2. The zero-order chi connectivity index (χ0) is 13.1. The molecular formula is C15H20FNO. The van der Waals surface area contributed by atoms with Crippen LogP contribution in [-0.4, -0.2) is 18.4 Å². The Morgan fingerprint density at radius 2 is 2.06 bits per heavy atom. The van der Waals surface area contributed by atoms with Gasteiger partial charge in [0.25, 0.3) is 0 Å². The molecular weight excluding hydrogens is 229 g/mol. The SMILES string of the molecule is CCN(c1c(F)cccc1C(C)=O)C1CCCC1. The smallest absolute Gasteiger partial charge is 0.161 e. The van der Waals surface area contributed by atoms with Gasteiger partial charge in [0.2, 0.25) is 0 Å². The van der Waals surface area contributed by atoms with Crippen LogP contribution in [0.1, 0.15) is 49.9 Å². The van der Waals surface area contributed by atoms with Crippen molar-refractivity contribution >= 4 is 11.5 Å². The normalized spacial score (nSPS) is 15.9. The number of rotatable bonds is 4. The van der Waals surface area contributed by atoms with E-state index in [1.165, 1.54) is 25.8 Å². The van der Waals surface area contributed by atoms with E-state index >= 15 is 0 Å². The average Bonchev–Trinajstić information content (AvgIpc) is 2.85. The molecule has 1 aliphatic rings. The van der Waals surface area contributed by atoms with Gasteiger partial charge >= 0.3 is 0 Å². The summed E-state index contributed by atoms with van der Waals surface area (Å²) in [7, 11) is 0. The van der Waals surface area contributed by atoms with E-state index in [1.807, 2.05) is 6.92 Å². The van der Waals surface area contributed by atoms with Gasteiger partial charge in [-0.25, -0.2) is 4.39 Å². The van der Waals surface area contributed by atoms with Gasteiger partial charge in [-0.3, -0.25) is 4.79 Å². The fraction of sp³-hybridized carbons (Fsp3) is 0.533. The van der Waals surface area contributed by atoms with E-state index in [0.29, 0.717) is 17.3 Å². The number of benzene rings is 1. The summed E-state index contributed by atoms with van der Waals surface area (Å²) in [6.07, 6.45) is 4.59. The summed E-state index contributed by atoms with van der Waals surface area (Å²) >= 11 is 0. The Bertz CT molecular complexity index is 438. The van der Waals surface area contributed by atoms with Crippen molar-refractivity contribution in [1.29, 1.82) is 0 Å². The van der Waals surface area contributed by atoms with E-state index in [9.17, 15) is 9.18 Å². The molecule has 0 radical (unpaired) electrons. The van der Waals surface area contributed by atoms with Crippen LogP contribution < -0.4 is 4.90 Å². The van der Waals surface area contributed by atoms with Crippen molar-refractivity contribution in [2.45, 2.75) is 45.6 Å². The van der Waals surface area contributed by atoms with E-state index in [0.717, 1.165) is 19.4 Å². The quantitative estimate of drug-likeness (QED) is 0.756. The number of nitrogens with zero attached hydrogens (tertiary/aromatic N) is 1. The van der Waals surface area contributed by atoms with Gasteiger partial charge < -0.3 is 4.90 Å². The highest BCUT2D eigenvalue weighted by Gasteiger charge is 2.26. The van der Waals surface area contributed by atoms with Crippen molar-refractivity contribution in [2.24, 2.45) is 0 Å². The minimum Gasteiger partial charge on any atom is -0.366 e. The number of Topliss-reactive ketones (excluding diaryl/α,β-unsaturated/α-hetero) is 1. The number of hydrogen-bond donors (Lipinski definition) is 0. The first kappa shape index (κ1) is 13.1. The van der Waals surface area contributed by atoms with E-state index in [2.05, 4.69) is 4.90 Å². The first-order valence-corrected chi connectivity index (χ1v) is 6.71. The molecule has 1 aromatic rings. The van der Waals surface area contributed by atoms with Crippen molar-refractivity contribution in [3.8, 4) is 0 Å². The summed E-state index contributed by atoms with van der Waals surface area (Å²) < 4.78 is 14.1. The Kier molecular flexibility index (Phi) is 4.00. The van der Waals surface area contributed by atoms with Crippen LogP contribution >= 0.6 is 0 Å². The van der Waals surface area contributed by atoms with E-state index in [4.69, 9.17) is 0 Å². The van der Waals surface area contributed by atoms with E-state index < -0.39 is 0 Å². The maximum Gasteiger partial charge on any atom is 0.161 e. The number of ketones is 1. The minimum atomic E-state index is -0.281. The van der Waals surface area contributed by atoms with Crippen molar-refractivity contribution in [2.75, 3.05) is 11.4 Å². The van der Waals surface area contributed by atoms with Gasteiger partial charge in [0.1, 0.15) is 5.82 Å². The largest absolute Gasteiger partial charge is 0.366 e. The van der Waals surface area contributed by atoms with E-state index in [1.54, 1.807) is 12.1 Å². The van der Waals surface area contributed by atoms with Crippen molar-refractivity contribution < 1.29 is 9.18 Å². The molecule has 1 aliphatic carbocycles. The molecule has 1 saturated carbocycles. The summed E-state index contributed by atoms with van der Waals surface area (Å²) in [5, 5.41) is 0. The van der Waals surface area contributed by atoms with Crippen molar-refractivity contribution in [3.05, 3.63) is 29.6 Å². The minimum absolute atomic E-state index is 0.0686. The monoisotopic (exact) mass is 249 g/mol. The second kappa shape index (κ2) is 5.51. The summed E-state index contributed by atoms with van der Waals surface area (Å²) in [6, 6.07) is 5.15. The summed E-state index contributed by atoms with van der Waals surface area (Å²) in [4.78, 5) is 13.7. The molecule has 0 heterocycles. The molecule has 0 N–H and O–H groups in total. The molecule has 98 valence electrons. The highest BCUT2D eigenvalue weighted by atomic mass is 19.1. The van der Waals surface area contributed by atoms with Crippen LogP contribution in [0, 0.1) is 5.82 Å². The third-order valence-electron chi connectivity index (χ3n) is 3.76. The Labute approximate surface area is 108 Å². The Hall–Kier alpha value is -1.38. The fourth-order valence-electron chi connectivity index (χ4n) is 2.91. The van der Waals surface area contributed by atoms with Crippen LogP contribution in [0.2, 0.25) is 0 Å². The molecule has 2 rings (SSSR count). The van der Waals surface area contributed by atoms with Crippen LogP contribution in [0.15, 0.2) is 18.2 Å².